The van der Waals surface area contributed by atoms with Crippen molar-refractivity contribution in [3.63, 3.8) is 0 Å². The molecule has 32 heavy (non-hydrogen) atoms. The summed E-state index contributed by atoms with van der Waals surface area (Å²) in [6.07, 6.45) is 10.5. The first kappa shape index (κ1) is 25.6. The number of rotatable bonds is 14. The van der Waals surface area contributed by atoms with Crippen LogP contribution in [0.3, 0.4) is 0 Å². The zero-order valence-electron chi connectivity index (χ0n) is 18.8. The van der Waals surface area contributed by atoms with Crippen molar-refractivity contribution in [3.8, 4) is 0 Å². The van der Waals surface area contributed by atoms with Gasteiger partial charge < -0.3 is 10.6 Å². The van der Waals surface area contributed by atoms with Crippen molar-refractivity contribution >= 4 is 28.7 Å². The molecule has 0 radical (unpaired) electrons. The average molecular weight is 457 g/mol. The molecule has 2 N–H and O–H groups in total. The molecule has 2 amide bonds. The van der Waals surface area contributed by atoms with Crippen LogP contribution in [0.4, 0.5) is 0 Å². The van der Waals surface area contributed by atoms with Gasteiger partial charge >= 0.3 is 0 Å². The van der Waals surface area contributed by atoms with Gasteiger partial charge in [-0.25, -0.2) is 4.57 Å². The Kier molecular flexibility index (Phi) is 12.1. The van der Waals surface area contributed by atoms with Gasteiger partial charge in [-0.2, -0.15) is 0 Å². The number of unbranched alkanes of at least 4 members (excludes halogenated alkanes) is 4. The van der Waals surface area contributed by atoms with Crippen LogP contribution < -0.4 is 15.2 Å². The van der Waals surface area contributed by atoms with Gasteiger partial charge in [-0.05, 0) is 25.0 Å². The van der Waals surface area contributed by atoms with Crippen LogP contribution in [0.2, 0.25) is 0 Å². The largest absolute Gasteiger partial charge is 0.355 e. The number of nitrogens with one attached hydrogen (secondary N) is 2. The van der Waals surface area contributed by atoms with E-state index < -0.39 is 0 Å². The Morgan fingerprint density at radius 2 is 1.66 bits per heavy atom. The van der Waals surface area contributed by atoms with Crippen LogP contribution in [0.15, 0.2) is 59.8 Å². The predicted molar refractivity (Wildman–Crippen MR) is 127 cm³/mol. The van der Waals surface area contributed by atoms with E-state index in [0.29, 0.717) is 23.4 Å². The number of benzene rings is 1. The normalized spacial score (nSPS) is 10.5. The third kappa shape index (κ3) is 10.1. The number of pyridine rings is 1. The fraction of sp³-hybridized carbons (Fsp3) is 0.440. The SMILES string of the molecule is CCCCCCNC(=O)CNC(=O)c1ccccc1SC(=O)CCCC[n+]1ccccc1. The molecule has 0 spiro atoms. The number of thioether (sulfide) groups is 1. The molecular formula is C25H34N3O3S+. The summed E-state index contributed by atoms with van der Waals surface area (Å²) in [6.45, 7) is 3.57. The van der Waals surface area contributed by atoms with Gasteiger partial charge in [-0.3, -0.25) is 14.4 Å². The molecular weight excluding hydrogens is 422 g/mol. The van der Waals surface area contributed by atoms with Crippen LogP contribution in [0.25, 0.3) is 0 Å². The van der Waals surface area contributed by atoms with E-state index in [9.17, 15) is 14.4 Å². The third-order valence-electron chi connectivity index (χ3n) is 4.94. The first-order chi connectivity index (χ1) is 15.6. The average Bonchev–Trinajstić information content (AvgIpc) is 2.81. The monoisotopic (exact) mass is 456 g/mol. The number of carbonyl (C=O) groups is 3. The second kappa shape index (κ2) is 15.2. The second-order valence-corrected chi connectivity index (χ2v) is 8.73. The maximum absolute atomic E-state index is 12.6. The number of hydrogen-bond acceptors (Lipinski definition) is 4. The van der Waals surface area contributed by atoms with Crippen LogP contribution in [-0.2, 0) is 16.1 Å². The third-order valence-corrected chi connectivity index (χ3v) is 5.95. The van der Waals surface area contributed by atoms with Crippen molar-refractivity contribution < 1.29 is 19.0 Å². The van der Waals surface area contributed by atoms with Gasteiger partial charge in [0, 0.05) is 36.4 Å². The van der Waals surface area contributed by atoms with Crippen molar-refractivity contribution in [1.82, 2.24) is 10.6 Å². The van der Waals surface area contributed by atoms with Crippen LogP contribution >= 0.6 is 11.8 Å². The minimum absolute atomic E-state index is 0.0353. The summed E-state index contributed by atoms with van der Waals surface area (Å²) in [4.78, 5) is 37.5. The molecule has 0 bridgehead atoms. The fourth-order valence-corrected chi connectivity index (χ4v) is 4.07. The van der Waals surface area contributed by atoms with Crippen molar-refractivity contribution in [3.05, 3.63) is 60.4 Å². The first-order valence-electron chi connectivity index (χ1n) is 11.4. The summed E-state index contributed by atoms with van der Waals surface area (Å²) < 4.78 is 2.10. The Balaban J connectivity index is 1.74. The molecule has 0 aliphatic carbocycles. The minimum atomic E-state index is -0.345. The van der Waals surface area contributed by atoms with E-state index in [1.807, 2.05) is 30.6 Å². The lowest BCUT2D eigenvalue weighted by atomic mass is 10.2. The molecule has 0 atom stereocenters. The maximum atomic E-state index is 12.6. The summed E-state index contributed by atoms with van der Waals surface area (Å²) >= 11 is 1.09. The smallest absolute Gasteiger partial charge is 0.252 e. The fourth-order valence-electron chi connectivity index (χ4n) is 3.16. The molecule has 0 saturated heterocycles. The van der Waals surface area contributed by atoms with Gasteiger partial charge in [0.2, 0.25) is 5.91 Å². The lowest BCUT2D eigenvalue weighted by Crippen LogP contribution is -2.37. The summed E-state index contributed by atoms with van der Waals surface area (Å²) in [6, 6.07) is 13.0. The van der Waals surface area contributed by atoms with Gasteiger partial charge in [-0.1, -0.05) is 56.1 Å². The molecule has 1 aromatic heterocycles. The van der Waals surface area contributed by atoms with Crippen LogP contribution in [0.1, 0.15) is 62.2 Å². The van der Waals surface area contributed by atoms with Gasteiger partial charge in [0.05, 0.1) is 12.1 Å². The van der Waals surface area contributed by atoms with E-state index in [1.165, 1.54) is 0 Å². The van der Waals surface area contributed by atoms with Crippen molar-refractivity contribution in [2.45, 2.75) is 63.3 Å². The second-order valence-electron chi connectivity index (χ2n) is 7.63. The number of carbonyl (C=O) groups excluding carboxylic acids is 3. The number of hydrogen-bond donors (Lipinski definition) is 2. The minimum Gasteiger partial charge on any atom is -0.355 e. The summed E-state index contributed by atoms with van der Waals surface area (Å²) in [7, 11) is 0. The highest BCUT2D eigenvalue weighted by molar-refractivity contribution is 8.13. The van der Waals surface area contributed by atoms with Crippen LogP contribution in [0, 0.1) is 0 Å². The van der Waals surface area contributed by atoms with E-state index >= 15 is 0 Å². The summed E-state index contributed by atoms with van der Waals surface area (Å²) in [5.74, 6) is -0.546. The van der Waals surface area contributed by atoms with Crippen LogP contribution in [-0.4, -0.2) is 30.0 Å². The molecule has 1 heterocycles. The molecule has 2 aromatic rings. The van der Waals surface area contributed by atoms with E-state index in [4.69, 9.17) is 0 Å². The number of aryl methyl sites for hydroxylation is 1. The van der Waals surface area contributed by atoms with Gasteiger partial charge in [0.15, 0.2) is 17.5 Å². The molecule has 0 saturated carbocycles. The quantitative estimate of drug-likeness (QED) is 0.257. The highest BCUT2D eigenvalue weighted by Gasteiger charge is 2.15. The predicted octanol–water partition coefficient (Wildman–Crippen LogP) is 3.89. The van der Waals surface area contributed by atoms with Gasteiger partial charge in [0.1, 0.15) is 6.54 Å². The summed E-state index contributed by atoms with van der Waals surface area (Å²) in [5.41, 5.74) is 0.418. The Morgan fingerprint density at radius 1 is 0.875 bits per heavy atom. The zero-order valence-corrected chi connectivity index (χ0v) is 19.7. The standard InChI is InChI=1S/C25H33N3O3S/c1-2-3-4-9-16-26-23(29)20-27-25(31)21-13-6-7-14-22(21)32-24(30)15-8-12-19-28-17-10-5-11-18-28/h5-7,10-11,13-14,17-18H,2-4,8-9,12,15-16,19-20H2,1H3,(H-,26,27,29,31)/p+1. The number of aromatic nitrogens is 1. The Morgan fingerprint density at radius 3 is 2.44 bits per heavy atom. The van der Waals surface area contributed by atoms with E-state index in [2.05, 4.69) is 22.1 Å². The molecule has 7 heteroatoms. The van der Waals surface area contributed by atoms with Gasteiger partial charge in [-0.15, -0.1) is 0 Å². The van der Waals surface area contributed by atoms with E-state index in [-0.39, 0.29) is 23.5 Å². The molecule has 0 aliphatic heterocycles. The van der Waals surface area contributed by atoms with E-state index in [1.54, 1.807) is 24.3 Å². The Bertz CT molecular complexity index is 859. The first-order valence-corrected chi connectivity index (χ1v) is 12.2. The topological polar surface area (TPSA) is 79.2 Å². The Hall–Kier alpha value is -2.67. The number of nitrogens with zero attached hydrogens (tertiary/aromatic N) is 1. The number of amides is 2. The molecule has 2 rings (SSSR count). The maximum Gasteiger partial charge on any atom is 0.252 e. The molecule has 0 fully saturated rings. The molecule has 0 aliphatic rings. The lowest BCUT2D eigenvalue weighted by molar-refractivity contribution is -0.697. The van der Waals surface area contributed by atoms with Crippen molar-refractivity contribution in [2.24, 2.45) is 0 Å². The Labute approximate surface area is 195 Å². The molecule has 0 unspecified atom stereocenters. The van der Waals surface area contributed by atoms with Gasteiger partial charge in [0.25, 0.3) is 5.91 Å². The molecule has 172 valence electrons. The van der Waals surface area contributed by atoms with Crippen molar-refractivity contribution in [1.29, 1.82) is 0 Å². The van der Waals surface area contributed by atoms with Crippen molar-refractivity contribution in [2.75, 3.05) is 13.1 Å². The zero-order chi connectivity index (χ0) is 23.0. The highest BCUT2D eigenvalue weighted by Crippen LogP contribution is 2.25. The highest BCUT2D eigenvalue weighted by atomic mass is 32.2. The molecule has 6 nitrogen and oxygen atoms in total. The lowest BCUT2D eigenvalue weighted by Gasteiger charge is -2.10. The molecule has 1 aromatic carbocycles. The van der Waals surface area contributed by atoms with Crippen LogP contribution in [0.5, 0.6) is 0 Å². The van der Waals surface area contributed by atoms with E-state index in [0.717, 1.165) is 56.8 Å². The summed E-state index contributed by atoms with van der Waals surface area (Å²) in [5, 5.41) is 5.51.